The minimum Gasteiger partial charge on any atom is -0.507 e. The van der Waals surface area contributed by atoms with E-state index in [1.807, 2.05) is 6.92 Å². The first-order valence-electron chi connectivity index (χ1n) is 12.5. The zero-order valence-electron chi connectivity index (χ0n) is 21.8. The Bertz CT molecular complexity index is 1390. The zero-order valence-corrected chi connectivity index (χ0v) is 22.6. The molecule has 0 radical (unpaired) electrons. The Balaban J connectivity index is 1.87. The van der Waals surface area contributed by atoms with Crippen LogP contribution in [-0.4, -0.2) is 40.8 Å². The van der Waals surface area contributed by atoms with Gasteiger partial charge in [0.1, 0.15) is 17.3 Å². The number of amides is 1. The van der Waals surface area contributed by atoms with E-state index in [2.05, 4.69) is 11.9 Å². The Hall–Kier alpha value is -3.98. The molecule has 1 amide bonds. The molecule has 0 bridgehead atoms. The first-order chi connectivity index (χ1) is 18.3. The number of nitrogens with zero attached hydrogens (tertiary/aromatic N) is 2. The van der Waals surface area contributed by atoms with E-state index in [9.17, 15) is 19.5 Å². The Labute approximate surface area is 225 Å². The number of aliphatic hydroxyl groups excluding tert-OH is 1. The van der Waals surface area contributed by atoms with Gasteiger partial charge in [-0.05, 0) is 62.2 Å². The topological polar surface area (TPSA) is 106 Å². The van der Waals surface area contributed by atoms with Crippen LogP contribution in [-0.2, 0) is 9.59 Å². The monoisotopic (exact) mass is 534 g/mol. The highest BCUT2D eigenvalue weighted by molar-refractivity contribution is 7.18. The number of ether oxygens (including phenoxy) is 2. The lowest BCUT2D eigenvalue weighted by Gasteiger charge is -2.23. The summed E-state index contributed by atoms with van der Waals surface area (Å²) in [5.74, 6) is -0.953. The number of unbranched alkanes of at least 4 members (excludes halogenated alkanes) is 1. The molecule has 1 saturated heterocycles. The second-order valence-electron chi connectivity index (χ2n) is 8.87. The second kappa shape index (κ2) is 11.6. The summed E-state index contributed by atoms with van der Waals surface area (Å²) in [5, 5.41) is 11.6. The lowest BCUT2D eigenvalue weighted by atomic mass is 9.95. The normalized spacial score (nSPS) is 16.6. The van der Waals surface area contributed by atoms with E-state index in [0.29, 0.717) is 46.4 Å². The number of benzene rings is 2. The van der Waals surface area contributed by atoms with Gasteiger partial charge in [0, 0.05) is 12.5 Å². The van der Waals surface area contributed by atoms with Crippen LogP contribution in [0.15, 0.2) is 54.1 Å². The minimum atomic E-state index is -0.971. The van der Waals surface area contributed by atoms with E-state index in [1.54, 1.807) is 55.5 Å². The van der Waals surface area contributed by atoms with Gasteiger partial charge >= 0.3 is 5.91 Å². The number of hydrogen-bond acceptors (Lipinski definition) is 8. The van der Waals surface area contributed by atoms with Gasteiger partial charge in [0.05, 0.1) is 35.4 Å². The third-order valence-electron chi connectivity index (χ3n) is 6.13. The lowest BCUT2D eigenvalue weighted by Crippen LogP contribution is -2.29. The number of aryl methyl sites for hydroxylation is 1. The van der Waals surface area contributed by atoms with E-state index >= 15 is 0 Å². The minimum absolute atomic E-state index is 0.0675. The quantitative estimate of drug-likeness (QED) is 0.114. The highest BCUT2D eigenvalue weighted by Gasteiger charge is 2.48. The summed E-state index contributed by atoms with van der Waals surface area (Å²) in [7, 11) is 0. The molecule has 3 aromatic rings. The van der Waals surface area contributed by atoms with Gasteiger partial charge < -0.3 is 14.6 Å². The summed E-state index contributed by atoms with van der Waals surface area (Å²) in [6, 6.07) is 12.8. The maximum atomic E-state index is 13.4. The molecule has 4 rings (SSSR count). The molecule has 1 unspecified atom stereocenters. The number of carbonyl (C=O) groups is 3. The van der Waals surface area contributed by atoms with Crippen molar-refractivity contribution in [2.75, 3.05) is 18.1 Å². The van der Waals surface area contributed by atoms with E-state index in [0.717, 1.165) is 24.2 Å². The maximum absolute atomic E-state index is 13.4. The number of anilines is 1. The molecule has 0 aliphatic carbocycles. The molecule has 1 fully saturated rings. The average Bonchev–Trinajstić information content (AvgIpc) is 3.41. The van der Waals surface area contributed by atoms with E-state index < -0.39 is 17.7 Å². The molecule has 2 heterocycles. The van der Waals surface area contributed by atoms with Gasteiger partial charge in [-0.25, -0.2) is 4.98 Å². The molecule has 1 aromatic heterocycles. The van der Waals surface area contributed by atoms with E-state index in [1.165, 1.54) is 11.8 Å². The van der Waals surface area contributed by atoms with E-state index in [4.69, 9.17) is 9.47 Å². The molecule has 8 nitrogen and oxygen atoms in total. The molecule has 198 valence electrons. The molecule has 0 spiro atoms. The summed E-state index contributed by atoms with van der Waals surface area (Å²) in [6.07, 6.45) is 1.86. The smallest absolute Gasteiger partial charge is 0.301 e. The van der Waals surface area contributed by atoms with Crippen LogP contribution in [0, 0.1) is 6.92 Å². The number of thiazole rings is 1. The Kier molecular flexibility index (Phi) is 8.26. The fraction of sp³-hybridized carbons (Fsp3) is 0.310. The van der Waals surface area contributed by atoms with Gasteiger partial charge in [-0.2, -0.15) is 0 Å². The molecule has 1 N–H and O–H groups in total. The maximum Gasteiger partial charge on any atom is 0.301 e. The molecule has 1 atom stereocenters. The molecule has 9 heteroatoms. The van der Waals surface area contributed by atoms with Crippen molar-refractivity contribution in [3.05, 3.63) is 75.8 Å². The fourth-order valence-electron chi connectivity index (χ4n) is 4.30. The summed E-state index contributed by atoms with van der Waals surface area (Å²) in [6.45, 7) is 8.07. The molecule has 1 aliphatic heterocycles. The fourth-order valence-corrected chi connectivity index (χ4v) is 5.29. The van der Waals surface area contributed by atoms with Crippen LogP contribution in [0.2, 0.25) is 0 Å². The molecule has 0 saturated carbocycles. The van der Waals surface area contributed by atoms with Crippen LogP contribution in [0.3, 0.4) is 0 Å². The van der Waals surface area contributed by atoms with Crippen molar-refractivity contribution in [2.24, 2.45) is 0 Å². The number of aliphatic hydroxyl groups is 1. The largest absolute Gasteiger partial charge is 0.507 e. The van der Waals surface area contributed by atoms with Crippen molar-refractivity contribution < 1.29 is 29.0 Å². The standard InChI is InChI=1S/C29H30N2O6S/c1-5-7-15-37-22-10-8-9-20(16-22)24-23(25(33)19-11-13-21(14-12-19)36-6-2)26(34)28(35)31(24)29-30-17(3)27(38-29)18(4)32/h8-14,16,24,33H,5-7,15H2,1-4H3. The number of aromatic nitrogens is 1. The highest BCUT2D eigenvalue weighted by Crippen LogP contribution is 2.44. The Morgan fingerprint density at radius 3 is 2.45 bits per heavy atom. The van der Waals surface area contributed by atoms with Crippen LogP contribution in [0.25, 0.3) is 5.76 Å². The van der Waals surface area contributed by atoms with Gasteiger partial charge in [0.2, 0.25) is 0 Å². The van der Waals surface area contributed by atoms with Crippen LogP contribution in [0.5, 0.6) is 11.5 Å². The van der Waals surface area contributed by atoms with Crippen LogP contribution in [0.1, 0.15) is 66.1 Å². The van der Waals surface area contributed by atoms with Gasteiger partial charge in [-0.1, -0.05) is 36.8 Å². The third-order valence-corrected chi connectivity index (χ3v) is 7.39. The number of hydrogen-bond donors (Lipinski definition) is 1. The van der Waals surface area contributed by atoms with Gasteiger partial charge in [-0.15, -0.1) is 0 Å². The third kappa shape index (κ3) is 5.33. The SMILES string of the molecule is CCCCOc1cccc(C2C(=C(O)c3ccc(OCC)cc3)C(=O)C(=O)N2c2nc(C)c(C(C)=O)s2)c1. The number of carbonyl (C=O) groups excluding carboxylic acids is 3. The van der Waals surface area contributed by atoms with Crippen molar-refractivity contribution in [3.8, 4) is 11.5 Å². The first kappa shape index (κ1) is 27.1. The van der Waals surface area contributed by atoms with Crippen molar-refractivity contribution >= 4 is 39.7 Å². The lowest BCUT2D eigenvalue weighted by molar-refractivity contribution is -0.132. The van der Waals surface area contributed by atoms with Gasteiger partial charge in [0.25, 0.3) is 5.78 Å². The van der Waals surface area contributed by atoms with Crippen molar-refractivity contribution in [3.63, 3.8) is 0 Å². The second-order valence-corrected chi connectivity index (χ2v) is 9.85. The van der Waals surface area contributed by atoms with Crippen LogP contribution < -0.4 is 14.4 Å². The Morgan fingerprint density at radius 2 is 1.82 bits per heavy atom. The summed E-state index contributed by atoms with van der Waals surface area (Å²) in [4.78, 5) is 45.1. The highest BCUT2D eigenvalue weighted by atomic mass is 32.1. The predicted octanol–water partition coefficient (Wildman–Crippen LogP) is 5.86. The predicted molar refractivity (Wildman–Crippen MR) is 146 cm³/mol. The first-order valence-corrected chi connectivity index (χ1v) is 13.3. The molecular weight excluding hydrogens is 504 g/mol. The number of ketones is 2. The summed E-state index contributed by atoms with van der Waals surface area (Å²) < 4.78 is 11.4. The van der Waals surface area contributed by atoms with Crippen LogP contribution >= 0.6 is 11.3 Å². The van der Waals surface area contributed by atoms with Crippen molar-refractivity contribution in [2.45, 2.75) is 46.6 Å². The molecular formula is C29H30N2O6S. The summed E-state index contributed by atoms with van der Waals surface area (Å²) >= 11 is 1.05. The van der Waals surface area contributed by atoms with Crippen molar-refractivity contribution in [1.29, 1.82) is 0 Å². The van der Waals surface area contributed by atoms with E-state index in [-0.39, 0.29) is 22.2 Å². The number of rotatable bonds is 10. The van der Waals surface area contributed by atoms with Gasteiger partial charge in [0.15, 0.2) is 10.9 Å². The van der Waals surface area contributed by atoms with Crippen LogP contribution in [0.4, 0.5) is 5.13 Å². The zero-order chi connectivity index (χ0) is 27.4. The van der Waals surface area contributed by atoms with Gasteiger partial charge in [-0.3, -0.25) is 19.3 Å². The molecule has 2 aromatic carbocycles. The Morgan fingerprint density at radius 1 is 1.08 bits per heavy atom. The number of Topliss-reactive ketones (excluding diaryl/α,β-unsaturated/α-hetero) is 2. The summed E-state index contributed by atoms with van der Waals surface area (Å²) in [5.41, 5.74) is 1.35. The molecule has 1 aliphatic rings. The van der Waals surface area contributed by atoms with Crippen molar-refractivity contribution in [1.82, 2.24) is 4.98 Å². The average molecular weight is 535 g/mol. The molecule has 38 heavy (non-hydrogen) atoms.